The molecule has 1 amide bonds. The van der Waals surface area contributed by atoms with E-state index in [9.17, 15) is 4.79 Å². The number of hydrogen-bond donors (Lipinski definition) is 0. The molecule has 1 aromatic heterocycles. The van der Waals surface area contributed by atoms with Crippen molar-refractivity contribution in [2.75, 3.05) is 39.4 Å². The van der Waals surface area contributed by atoms with Crippen molar-refractivity contribution in [3.63, 3.8) is 0 Å². The van der Waals surface area contributed by atoms with E-state index in [0.717, 1.165) is 64.7 Å². The van der Waals surface area contributed by atoms with Crippen LogP contribution < -0.4 is 0 Å². The molecule has 6 nitrogen and oxygen atoms in total. The lowest BCUT2D eigenvalue weighted by atomic mass is 9.71. The van der Waals surface area contributed by atoms with Crippen molar-refractivity contribution in [2.24, 2.45) is 24.3 Å². The maximum atomic E-state index is 12.0. The van der Waals surface area contributed by atoms with Crippen molar-refractivity contribution in [3.8, 4) is 0 Å². The molecule has 6 heteroatoms. The molecule has 3 aliphatic rings. The number of aromatic nitrogens is 2. The second-order valence-corrected chi connectivity index (χ2v) is 8.74. The monoisotopic (exact) mass is 360 g/mol. The molecule has 4 rings (SSSR count). The number of piperidine rings is 1. The van der Waals surface area contributed by atoms with Gasteiger partial charge in [0.15, 0.2) is 0 Å². The highest BCUT2D eigenvalue weighted by Crippen LogP contribution is 2.45. The van der Waals surface area contributed by atoms with E-state index >= 15 is 0 Å². The first-order valence-corrected chi connectivity index (χ1v) is 10.1. The molecule has 1 saturated carbocycles. The molecule has 1 spiro atoms. The summed E-state index contributed by atoms with van der Waals surface area (Å²) in [5.41, 5.74) is 1.53. The Morgan fingerprint density at radius 1 is 1.31 bits per heavy atom. The third-order valence-corrected chi connectivity index (χ3v) is 6.64. The number of ether oxygens (including phenoxy) is 1. The summed E-state index contributed by atoms with van der Waals surface area (Å²) in [4.78, 5) is 16.6. The van der Waals surface area contributed by atoms with Gasteiger partial charge in [-0.3, -0.25) is 14.4 Å². The lowest BCUT2D eigenvalue weighted by Crippen LogP contribution is -2.45. The van der Waals surface area contributed by atoms with E-state index in [4.69, 9.17) is 4.74 Å². The van der Waals surface area contributed by atoms with Crippen LogP contribution in [0.2, 0.25) is 0 Å². The van der Waals surface area contributed by atoms with Crippen molar-refractivity contribution in [3.05, 3.63) is 18.0 Å². The fraction of sp³-hybridized carbons (Fsp3) is 0.800. The van der Waals surface area contributed by atoms with Gasteiger partial charge in [0.1, 0.15) is 0 Å². The lowest BCUT2D eigenvalue weighted by molar-refractivity contribution is -0.128. The Morgan fingerprint density at radius 2 is 2.08 bits per heavy atom. The summed E-state index contributed by atoms with van der Waals surface area (Å²) >= 11 is 0. The zero-order chi connectivity index (χ0) is 18.1. The van der Waals surface area contributed by atoms with E-state index < -0.39 is 0 Å². The topological polar surface area (TPSA) is 50.6 Å². The smallest absolute Gasteiger partial charge is 0.219 e. The highest BCUT2D eigenvalue weighted by molar-refractivity contribution is 5.73. The number of amides is 1. The van der Waals surface area contributed by atoms with Gasteiger partial charge in [-0.15, -0.1) is 0 Å². The van der Waals surface area contributed by atoms with Crippen LogP contribution in [-0.4, -0.2) is 64.9 Å². The molecule has 0 bridgehead atoms. The SMILES string of the molecule is CC(=O)N1CC(COCC2CC2)C2(CCN(Cc3cnn(C)c3)CC2)C1. The first kappa shape index (κ1) is 18.0. The number of aryl methyl sites for hydroxylation is 1. The molecule has 1 aromatic rings. The lowest BCUT2D eigenvalue weighted by Gasteiger charge is -2.42. The summed E-state index contributed by atoms with van der Waals surface area (Å²) < 4.78 is 7.93. The summed E-state index contributed by atoms with van der Waals surface area (Å²) in [6.45, 7) is 8.41. The first-order chi connectivity index (χ1) is 12.5. The summed E-state index contributed by atoms with van der Waals surface area (Å²) in [5.74, 6) is 1.51. The maximum Gasteiger partial charge on any atom is 0.219 e. The van der Waals surface area contributed by atoms with Crippen LogP contribution in [0.5, 0.6) is 0 Å². The molecular weight excluding hydrogens is 328 g/mol. The molecule has 0 aromatic carbocycles. The number of hydrogen-bond acceptors (Lipinski definition) is 4. The average Bonchev–Trinajstić information content (AvgIpc) is 3.25. The van der Waals surface area contributed by atoms with Crippen molar-refractivity contribution in [2.45, 2.75) is 39.2 Å². The fourth-order valence-corrected chi connectivity index (χ4v) is 4.70. The molecule has 3 fully saturated rings. The third kappa shape index (κ3) is 3.96. The highest BCUT2D eigenvalue weighted by Gasteiger charge is 2.48. The molecule has 3 heterocycles. The molecule has 1 atom stereocenters. The van der Waals surface area contributed by atoms with E-state index in [1.165, 1.54) is 18.4 Å². The van der Waals surface area contributed by atoms with E-state index in [1.54, 1.807) is 6.92 Å². The molecule has 0 N–H and O–H groups in total. The molecular formula is C20H32N4O2. The summed E-state index contributed by atoms with van der Waals surface area (Å²) in [6.07, 6.45) is 9.05. The van der Waals surface area contributed by atoms with Crippen molar-refractivity contribution in [1.82, 2.24) is 19.6 Å². The second kappa shape index (κ2) is 7.31. The van der Waals surface area contributed by atoms with E-state index in [0.29, 0.717) is 5.92 Å². The minimum absolute atomic E-state index is 0.215. The van der Waals surface area contributed by atoms with Gasteiger partial charge in [-0.25, -0.2) is 0 Å². The Balaban J connectivity index is 1.35. The fourth-order valence-electron chi connectivity index (χ4n) is 4.70. The first-order valence-electron chi connectivity index (χ1n) is 10.1. The van der Waals surface area contributed by atoms with Crippen LogP contribution >= 0.6 is 0 Å². The van der Waals surface area contributed by atoms with Crippen LogP contribution in [0.15, 0.2) is 12.4 Å². The predicted octanol–water partition coefficient (Wildman–Crippen LogP) is 1.91. The van der Waals surface area contributed by atoms with Gasteiger partial charge in [0.2, 0.25) is 5.91 Å². The minimum atomic E-state index is 0.215. The van der Waals surface area contributed by atoms with Gasteiger partial charge in [-0.1, -0.05) is 0 Å². The van der Waals surface area contributed by atoms with Crippen molar-refractivity contribution < 1.29 is 9.53 Å². The summed E-state index contributed by atoms with van der Waals surface area (Å²) in [6, 6.07) is 0. The van der Waals surface area contributed by atoms with Crippen molar-refractivity contribution >= 4 is 5.91 Å². The van der Waals surface area contributed by atoms with Crippen LogP contribution in [0.25, 0.3) is 0 Å². The van der Waals surface area contributed by atoms with Gasteiger partial charge in [-0.05, 0) is 50.1 Å². The number of nitrogens with zero attached hydrogens (tertiary/aromatic N) is 4. The highest BCUT2D eigenvalue weighted by atomic mass is 16.5. The van der Waals surface area contributed by atoms with E-state index in [-0.39, 0.29) is 11.3 Å². The minimum Gasteiger partial charge on any atom is -0.381 e. The molecule has 2 saturated heterocycles. The number of rotatable bonds is 6. The molecule has 0 radical (unpaired) electrons. The quantitative estimate of drug-likeness (QED) is 0.778. The second-order valence-electron chi connectivity index (χ2n) is 8.74. The molecule has 144 valence electrons. The predicted molar refractivity (Wildman–Crippen MR) is 99.4 cm³/mol. The Labute approximate surface area is 156 Å². The number of likely N-dealkylation sites (tertiary alicyclic amines) is 2. The van der Waals surface area contributed by atoms with Crippen molar-refractivity contribution in [1.29, 1.82) is 0 Å². The van der Waals surface area contributed by atoms with E-state index in [2.05, 4.69) is 21.1 Å². The van der Waals surface area contributed by atoms with E-state index in [1.807, 2.05) is 17.9 Å². The Bertz CT molecular complexity index is 632. The van der Waals surface area contributed by atoms with Gasteiger partial charge in [0.25, 0.3) is 0 Å². The van der Waals surface area contributed by atoms with Crippen LogP contribution in [0.3, 0.4) is 0 Å². The molecule has 26 heavy (non-hydrogen) atoms. The number of carbonyl (C=O) groups is 1. The Morgan fingerprint density at radius 3 is 2.69 bits per heavy atom. The third-order valence-electron chi connectivity index (χ3n) is 6.64. The largest absolute Gasteiger partial charge is 0.381 e. The maximum absolute atomic E-state index is 12.0. The van der Waals surface area contributed by atoms with Gasteiger partial charge < -0.3 is 9.64 Å². The van der Waals surface area contributed by atoms with Gasteiger partial charge in [0, 0.05) is 57.9 Å². The van der Waals surface area contributed by atoms with Gasteiger partial charge in [0.05, 0.1) is 12.8 Å². The normalized spacial score (nSPS) is 25.9. The zero-order valence-electron chi connectivity index (χ0n) is 16.2. The van der Waals surface area contributed by atoms with Gasteiger partial charge in [-0.2, -0.15) is 5.10 Å². The standard InChI is InChI=1S/C20H32N4O2/c1-16(25)24-12-19(14-26-13-17-3-4-17)20(15-24)5-7-23(8-6-20)11-18-9-21-22(2)10-18/h9-10,17,19H,3-8,11-15H2,1-2H3. The van der Waals surface area contributed by atoms with Gasteiger partial charge >= 0.3 is 0 Å². The summed E-state index contributed by atoms with van der Waals surface area (Å²) in [5, 5.41) is 4.28. The zero-order valence-corrected chi connectivity index (χ0v) is 16.2. The molecule has 2 aliphatic heterocycles. The van der Waals surface area contributed by atoms with Crippen LogP contribution in [-0.2, 0) is 23.1 Å². The number of carbonyl (C=O) groups excluding carboxylic acids is 1. The Kier molecular flexibility index (Phi) is 5.06. The summed E-state index contributed by atoms with van der Waals surface area (Å²) in [7, 11) is 1.97. The average molecular weight is 361 g/mol. The van der Waals surface area contributed by atoms with Crippen LogP contribution in [0.1, 0.15) is 38.2 Å². The molecule has 1 aliphatic carbocycles. The van der Waals surface area contributed by atoms with Crippen LogP contribution in [0.4, 0.5) is 0 Å². The molecule has 1 unspecified atom stereocenters. The Hall–Kier alpha value is -1.40. The van der Waals surface area contributed by atoms with Crippen LogP contribution in [0, 0.1) is 17.3 Å².